The van der Waals surface area contributed by atoms with Crippen molar-refractivity contribution in [1.29, 1.82) is 0 Å². The normalized spacial score (nSPS) is 15.6. The van der Waals surface area contributed by atoms with E-state index >= 15 is 0 Å². The molecule has 0 atom stereocenters. The number of aromatic carboxylic acids is 1. The van der Waals surface area contributed by atoms with Crippen molar-refractivity contribution >= 4 is 5.97 Å². The maximum atomic E-state index is 12.3. The number of halogens is 3. The number of benzene rings is 1. The van der Waals surface area contributed by atoms with E-state index in [9.17, 15) is 23.1 Å². The highest BCUT2D eigenvalue weighted by molar-refractivity contribution is 5.87. The number of ether oxygens (including phenoxy) is 1. The predicted molar refractivity (Wildman–Crippen MR) is 97.2 cm³/mol. The Morgan fingerprint density at radius 1 is 1.21 bits per heavy atom. The average molecular weight is 396 g/mol. The highest BCUT2D eigenvalue weighted by atomic mass is 19.4. The summed E-state index contributed by atoms with van der Waals surface area (Å²) < 4.78 is 42.8. The fraction of sp³-hybridized carbons (Fsp3) is 0.500. The summed E-state index contributed by atoms with van der Waals surface area (Å²) in [6.07, 6.45) is 2.24. The van der Waals surface area contributed by atoms with Crippen molar-refractivity contribution in [2.45, 2.75) is 58.4 Å². The lowest BCUT2D eigenvalue weighted by atomic mass is 9.87. The van der Waals surface area contributed by atoms with Crippen LogP contribution in [0.2, 0.25) is 0 Å². The van der Waals surface area contributed by atoms with Gasteiger partial charge in [-0.2, -0.15) is 0 Å². The minimum absolute atomic E-state index is 0.0331. The maximum absolute atomic E-state index is 12.3. The molecule has 1 N–H and O–H groups in total. The fourth-order valence-electron chi connectivity index (χ4n) is 3.82. The number of aromatic nitrogens is 2. The van der Waals surface area contributed by atoms with Crippen LogP contribution in [0.4, 0.5) is 13.2 Å². The third-order valence-corrected chi connectivity index (χ3v) is 5.26. The van der Waals surface area contributed by atoms with E-state index in [1.807, 2.05) is 4.57 Å². The third kappa shape index (κ3) is 4.85. The molecule has 0 radical (unpaired) electrons. The van der Waals surface area contributed by atoms with Gasteiger partial charge < -0.3 is 14.4 Å². The van der Waals surface area contributed by atoms with Crippen molar-refractivity contribution in [1.82, 2.24) is 9.55 Å². The van der Waals surface area contributed by atoms with E-state index in [1.165, 1.54) is 56.4 Å². The number of hydrogen-bond donors (Lipinski definition) is 1. The molecule has 0 spiro atoms. The lowest BCUT2D eigenvalue weighted by molar-refractivity contribution is -0.274. The second-order valence-corrected chi connectivity index (χ2v) is 7.19. The summed E-state index contributed by atoms with van der Waals surface area (Å²) in [6, 6.07) is 5.34. The third-order valence-electron chi connectivity index (χ3n) is 5.26. The number of alkyl halides is 3. The molecule has 5 nitrogen and oxygen atoms in total. The van der Waals surface area contributed by atoms with E-state index < -0.39 is 12.3 Å². The van der Waals surface area contributed by atoms with E-state index in [1.54, 1.807) is 6.92 Å². The van der Waals surface area contributed by atoms with Crippen LogP contribution in [0.1, 0.15) is 54.7 Å². The highest BCUT2D eigenvalue weighted by Gasteiger charge is 2.31. The molecule has 8 heteroatoms. The predicted octanol–water partition coefficient (Wildman–Crippen LogP) is 5.43. The molecule has 0 amide bonds. The number of hydrogen-bond acceptors (Lipinski definition) is 3. The highest BCUT2D eigenvalue weighted by Crippen LogP contribution is 2.30. The van der Waals surface area contributed by atoms with Gasteiger partial charge >= 0.3 is 12.3 Å². The van der Waals surface area contributed by atoms with Crippen LogP contribution in [0.15, 0.2) is 24.3 Å². The molecule has 152 valence electrons. The minimum Gasteiger partial charge on any atom is -0.476 e. The quantitative estimate of drug-likeness (QED) is 0.708. The molecular weight excluding hydrogens is 373 g/mol. The van der Waals surface area contributed by atoms with Gasteiger partial charge in [0, 0.05) is 17.8 Å². The Kier molecular flexibility index (Phi) is 5.96. The topological polar surface area (TPSA) is 64.3 Å². The van der Waals surface area contributed by atoms with Gasteiger partial charge in [-0.3, -0.25) is 0 Å². The molecule has 0 aliphatic heterocycles. The molecule has 3 rings (SSSR count). The second kappa shape index (κ2) is 8.24. The fourth-order valence-corrected chi connectivity index (χ4v) is 3.82. The van der Waals surface area contributed by atoms with E-state index in [2.05, 4.69) is 9.72 Å². The number of rotatable bonds is 6. The van der Waals surface area contributed by atoms with Gasteiger partial charge in [-0.05, 0) is 43.5 Å². The number of imidazole rings is 1. The van der Waals surface area contributed by atoms with Crippen LogP contribution in [-0.2, 0) is 6.54 Å². The summed E-state index contributed by atoms with van der Waals surface area (Å²) in [5.74, 6) is -0.387. The Bertz CT molecular complexity index is 822. The van der Waals surface area contributed by atoms with Gasteiger partial charge in [-0.15, -0.1) is 13.2 Å². The number of carboxylic acid groups (broad SMARTS) is 1. The van der Waals surface area contributed by atoms with Crippen LogP contribution < -0.4 is 4.74 Å². The summed E-state index contributed by atoms with van der Waals surface area (Å²) in [5, 5.41) is 9.42. The minimum atomic E-state index is -4.76. The Morgan fingerprint density at radius 2 is 1.86 bits per heavy atom. The lowest BCUT2D eigenvalue weighted by Crippen LogP contribution is -2.17. The Hall–Kier alpha value is -2.51. The molecule has 28 heavy (non-hydrogen) atoms. The van der Waals surface area contributed by atoms with Crippen molar-refractivity contribution < 1.29 is 27.8 Å². The summed E-state index contributed by atoms with van der Waals surface area (Å²) in [6.45, 7) is 2.34. The van der Waals surface area contributed by atoms with Crippen LogP contribution in [0.3, 0.4) is 0 Å². The van der Waals surface area contributed by atoms with Crippen LogP contribution in [0.5, 0.6) is 5.75 Å². The first-order valence-corrected chi connectivity index (χ1v) is 9.41. The first kappa shape index (κ1) is 20.2. The first-order chi connectivity index (χ1) is 13.2. The average Bonchev–Trinajstić information content (AvgIpc) is 2.97. The molecule has 1 aromatic carbocycles. The zero-order valence-corrected chi connectivity index (χ0v) is 15.6. The number of carbonyl (C=O) groups is 1. The van der Waals surface area contributed by atoms with Gasteiger partial charge in [0.05, 0.1) is 0 Å². The molecule has 0 saturated heterocycles. The molecule has 1 aliphatic carbocycles. The van der Waals surface area contributed by atoms with E-state index in [4.69, 9.17) is 0 Å². The largest absolute Gasteiger partial charge is 0.573 e. The van der Waals surface area contributed by atoms with E-state index in [0.29, 0.717) is 29.5 Å². The van der Waals surface area contributed by atoms with Gasteiger partial charge in [0.25, 0.3) is 0 Å². The zero-order valence-electron chi connectivity index (χ0n) is 15.6. The SMILES string of the molecule is Cc1c(C(=O)O)nc(-c2ccc(OC(F)(F)F)cc2)n1CCC1CCCCC1. The monoisotopic (exact) mass is 396 g/mol. The molecule has 0 bridgehead atoms. The lowest BCUT2D eigenvalue weighted by Gasteiger charge is -2.22. The van der Waals surface area contributed by atoms with E-state index in [0.717, 1.165) is 6.42 Å². The molecule has 1 aliphatic rings. The van der Waals surface area contributed by atoms with Gasteiger partial charge in [0.1, 0.15) is 11.6 Å². The molecule has 0 unspecified atom stereocenters. The van der Waals surface area contributed by atoms with Crippen molar-refractivity contribution in [2.75, 3.05) is 0 Å². The first-order valence-electron chi connectivity index (χ1n) is 9.41. The smallest absolute Gasteiger partial charge is 0.476 e. The second-order valence-electron chi connectivity index (χ2n) is 7.19. The molecule has 1 aromatic heterocycles. The summed E-state index contributed by atoms with van der Waals surface area (Å²) in [5.41, 5.74) is 1.07. The van der Waals surface area contributed by atoms with Crippen molar-refractivity contribution in [3.05, 3.63) is 35.7 Å². The van der Waals surface area contributed by atoms with Gasteiger partial charge in [-0.25, -0.2) is 9.78 Å². The number of carboxylic acids is 1. The molecule has 2 aromatic rings. The zero-order chi connectivity index (χ0) is 20.3. The van der Waals surface area contributed by atoms with Crippen molar-refractivity contribution in [2.24, 2.45) is 5.92 Å². The van der Waals surface area contributed by atoms with Gasteiger partial charge in [0.15, 0.2) is 5.69 Å². The van der Waals surface area contributed by atoms with E-state index in [-0.39, 0.29) is 11.4 Å². The standard InChI is InChI=1S/C20H23F3N2O3/c1-13-17(19(26)27)24-18(25(13)12-11-14-5-3-2-4-6-14)15-7-9-16(10-8-15)28-20(21,22)23/h7-10,14H,2-6,11-12H2,1H3,(H,26,27). The Balaban J connectivity index is 1.86. The Labute approximate surface area is 161 Å². The van der Waals surface area contributed by atoms with Crippen LogP contribution in [0.25, 0.3) is 11.4 Å². The molecule has 1 saturated carbocycles. The van der Waals surface area contributed by atoms with Gasteiger partial charge in [0.2, 0.25) is 0 Å². The Morgan fingerprint density at radius 3 is 2.43 bits per heavy atom. The molecular formula is C20H23F3N2O3. The molecule has 1 heterocycles. The number of nitrogens with zero attached hydrogens (tertiary/aromatic N) is 2. The van der Waals surface area contributed by atoms with Crippen molar-refractivity contribution in [3.8, 4) is 17.1 Å². The summed E-state index contributed by atoms with van der Waals surface area (Å²) in [4.78, 5) is 15.8. The maximum Gasteiger partial charge on any atom is 0.573 e. The van der Waals surface area contributed by atoms with Crippen LogP contribution in [0, 0.1) is 12.8 Å². The van der Waals surface area contributed by atoms with Crippen LogP contribution in [-0.4, -0.2) is 27.0 Å². The van der Waals surface area contributed by atoms with Crippen molar-refractivity contribution in [3.63, 3.8) is 0 Å². The molecule has 1 fully saturated rings. The van der Waals surface area contributed by atoms with Crippen LogP contribution >= 0.6 is 0 Å². The summed E-state index contributed by atoms with van der Waals surface area (Å²) >= 11 is 0. The summed E-state index contributed by atoms with van der Waals surface area (Å²) in [7, 11) is 0. The van der Waals surface area contributed by atoms with Gasteiger partial charge in [-0.1, -0.05) is 32.1 Å².